The van der Waals surface area contributed by atoms with Crippen LogP contribution in [0.15, 0.2) is 53.4 Å². The number of nitrogens with zero attached hydrogens (tertiary/aromatic N) is 1. The van der Waals surface area contributed by atoms with Gasteiger partial charge in [0.25, 0.3) is 5.91 Å². The molecule has 0 bridgehead atoms. The fourth-order valence-corrected chi connectivity index (χ4v) is 3.11. The second-order valence-corrected chi connectivity index (χ2v) is 8.07. The number of carbonyl (C=O) groups excluding carboxylic acids is 1. The van der Waals surface area contributed by atoms with Crippen molar-refractivity contribution < 1.29 is 13.2 Å². The smallest absolute Gasteiger partial charge is 0.251 e. The van der Waals surface area contributed by atoms with E-state index >= 15 is 0 Å². The topological polar surface area (TPSA) is 66.5 Å². The number of aryl methyl sites for hydroxylation is 1. The van der Waals surface area contributed by atoms with Gasteiger partial charge in [0.1, 0.15) is 0 Å². The van der Waals surface area contributed by atoms with Gasteiger partial charge in [0.2, 0.25) is 10.0 Å². The van der Waals surface area contributed by atoms with E-state index in [1.165, 1.54) is 38.4 Å². The van der Waals surface area contributed by atoms with Crippen LogP contribution in [0.3, 0.4) is 0 Å². The number of hydrogen-bond acceptors (Lipinski definition) is 3. The summed E-state index contributed by atoms with van der Waals surface area (Å²) >= 11 is 0. The Morgan fingerprint density at radius 3 is 2.04 bits per heavy atom. The van der Waals surface area contributed by atoms with Crippen molar-refractivity contribution in [1.82, 2.24) is 9.62 Å². The van der Waals surface area contributed by atoms with Crippen LogP contribution in [-0.2, 0) is 10.0 Å². The van der Waals surface area contributed by atoms with Gasteiger partial charge in [-0.2, -0.15) is 0 Å². The summed E-state index contributed by atoms with van der Waals surface area (Å²) in [6, 6.07) is 13.8. The highest BCUT2D eigenvalue weighted by atomic mass is 32.2. The number of carbonyl (C=O) groups is 1. The average Bonchev–Trinajstić information content (AvgIpc) is 2.55. The minimum absolute atomic E-state index is 0.136. The quantitative estimate of drug-likeness (QED) is 0.905. The van der Waals surface area contributed by atoms with Crippen molar-refractivity contribution >= 4 is 15.9 Å². The Labute approximate surface area is 143 Å². The highest BCUT2D eigenvalue weighted by Gasteiger charge is 2.18. The van der Waals surface area contributed by atoms with Gasteiger partial charge >= 0.3 is 0 Å². The molecule has 128 valence electrons. The van der Waals surface area contributed by atoms with Crippen LogP contribution in [0.2, 0.25) is 0 Å². The van der Waals surface area contributed by atoms with E-state index in [1.807, 2.05) is 38.1 Å². The summed E-state index contributed by atoms with van der Waals surface area (Å²) in [6.07, 6.45) is 0. The van der Waals surface area contributed by atoms with Crippen LogP contribution < -0.4 is 5.32 Å². The van der Waals surface area contributed by atoms with E-state index in [2.05, 4.69) is 5.32 Å². The van der Waals surface area contributed by atoms with Crippen molar-refractivity contribution in [2.75, 3.05) is 14.1 Å². The van der Waals surface area contributed by atoms with E-state index in [-0.39, 0.29) is 16.8 Å². The first-order valence-electron chi connectivity index (χ1n) is 7.62. The van der Waals surface area contributed by atoms with Gasteiger partial charge in [-0.25, -0.2) is 12.7 Å². The van der Waals surface area contributed by atoms with Crippen molar-refractivity contribution in [3.05, 3.63) is 65.2 Å². The molecule has 0 aromatic heterocycles. The van der Waals surface area contributed by atoms with E-state index in [0.29, 0.717) is 5.56 Å². The van der Waals surface area contributed by atoms with Crippen molar-refractivity contribution in [3.63, 3.8) is 0 Å². The minimum Gasteiger partial charge on any atom is -0.346 e. The molecule has 2 aromatic rings. The zero-order valence-electron chi connectivity index (χ0n) is 14.3. The summed E-state index contributed by atoms with van der Waals surface area (Å²) in [5, 5.41) is 2.91. The summed E-state index contributed by atoms with van der Waals surface area (Å²) in [5.74, 6) is -0.239. The predicted octanol–water partition coefficient (Wildman–Crippen LogP) is 2.74. The van der Waals surface area contributed by atoms with Crippen molar-refractivity contribution in [1.29, 1.82) is 0 Å². The van der Waals surface area contributed by atoms with Crippen LogP contribution in [0.4, 0.5) is 0 Å². The van der Waals surface area contributed by atoms with Gasteiger partial charge in [0.15, 0.2) is 0 Å². The fraction of sp³-hybridized carbons (Fsp3) is 0.278. The molecule has 0 fully saturated rings. The summed E-state index contributed by atoms with van der Waals surface area (Å²) in [4.78, 5) is 12.5. The second-order valence-electron chi connectivity index (χ2n) is 5.92. The molecule has 0 heterocycles. The van der Waals surface area contributed by atoms with Gasteiger partial charge in [-0.3, -0.25) is 4.79 Å². The maximum atomic E-state index is 12.3. The number of nitrogens with one attached hydrogen (secondary N) is 1. The highest BCUT2D eigenvalue weighted by Crippen LogP contribution is 2.16. The maximum Gasteiger partial charge on any atom is 0.251 e. The standard InChI is InChI=1S/C18H22N2O3S/c1-13-5-7-15(8-6-13)14(2)19-18(21)16-9-11-17(12-10-16)24(22,23)20(3)4/h5-12,14H,1-4H3,(H,19,21). The molecule has 2 rings (SSSR count). The van der Waals surface area contributed by atoms with Crippen molar-refractivity contribution in [3.8, 4) is 0 Å². The van der Waals surface area contributed by atoms with E-state index in [1.54, 1.807) is 0 Å². The number of hydrogen-bond donors (Lipinski definition) is 1. The van der Waals surface area contributed by atoms with Gasteiger partial charge in [-0.15, -0.1) is 0 Å². The Bertz CT molecular complexity index is 810. The molecule has 2 aromatic carbocycles. The molecule has 1 atom stereocenters. The molecule has 0 saturated carbocycles. The lowest BCUT2D eigenvalue weighted by Gasteiger charge is -2.15. The largest absolute Gasteiger partial charge is 0.346 e. The second kappa shape index (κ2) is 7.15. The first-order valence-corrected chi connectivity index (χ1v) is 9.06. The molecule has 0 aliphatic rings. The van der Waals surface area contributed by atoms with Crippen molar-refractivity contribution in [2.45, 2.75) is 24.8 Å². The van der Waals surface area contributed by atoms with E-state index in [9.17, 15) is 13.2 Å². The van der Waals surface area contributed by atoms with E-state index in [4.69, 9.17) is 0 Å². The summed E-state index contributed by atoms with van der Waals surface area (Å²) in [6.45, 7) is 3.92. The molecule has 1 unspecified atom stereocenters. The first-order chi connectivity index (χ1) is 11.2. The third-order valence-electron chi connectivity index (χ3n) is 3.82. The average molecular weight is 346 g/mol. The van der Waals surface area contributed by atoms with Crippen LogP contribution in [0.25, 0.3) is 0 Å². The molecule has 6 heteroatoms. The number of sulfonamides is 1. The highest BCUT2D eigenvalue weighted by molar-refractivity contribution is 7.89. The zero-order chi connectivity index (χ0) is 17.9. The third-order valence-corrected chi connectivity index (χ3v) is 5.65. The lowest BCUT2D eigenvalue weighted by atomic mass is 10.1. The number of rotatable bonds is 5. The zero-order valence-corrected chi connectivity index (χ0v) is 15.1. The minimum atomic E-state index is -3.49. The molecule has 0 spiro atoms. The third kappa shape index (κ3) is 4.01. The Kier molecular flexibility index (Phi) is 5.41. The van der Waals surface area contributed by atoms with E-state index in [0.717, 1.165) is 15.4 Å². The van der Waals surface area contributed by atoms with E-state index < -0.39 is 10.0 Å². The van der Waals surface area contributed by atoms with Gasteiger partial charge in [-0.05, 0) is 43.7 Å². The Balaban J connectivity index is 2.11. The lowest BCUT2D eigenvalue weighted by molar-refractivity contribution is 0.0940. The van der Waals surface area contributed by atoms with Crippen LogP contribution >= 0.6 is 0 Å². The fourth-order valence-electron chi connectivity index (χ4n) is 2.21. The maximum absolute atomic E-state index is 12.3. The lowest BCUT2D eigenvalue weighted by Crippen LogP contribution is -2.27. The van der Waals surface area contributed by atoms with Crippen LogP contribution in [-0.4, -0.2) is 32.7 Å². The van der Waals surface area contributed by atoms with Crippen LogP contribution in [0.5, 0.6) is 0 Å². The molecule has 1 N–H and O–H groups in total. The molecule has 0 radical (unpaired) electrons. The van der Waals surface area contributed by atoms with Gasteiger partial charge < -0.3 is 5.32 Å². The Morgan fingerprint density at radius 2 is 1.54 bits per heavy atom. The number of amides is 1. The van der Waals surface area contributed by atoms with Crippen LogP contribution in [0.1, 0.15) is 34.5 Å². The molecule has 5 nitrogen and oxygen atoms in total. The van der Waals surface area contributed by atoms with Crippen molar-refractivity contribution in [2.24, 2.45) is 0 Å². The van der Waals surface area contributed by atoms with Gasteiger partial charge in [0.05, 0.1) is 10.9 Å². The van der Waals surface area contributed by atoms with Gasteiger partial charge in [-0.1, -0.05) is 29.8 Å². The SMILES string of the molecule is Cc1ccc(C(C)NC(=O)c2ccc(S(=O)(=O)N(C)C)cc2)cc1. The molecule has 0 aliphatic heterocycles. The first kappa shape index (κ1) is 18.2. The molecule has 24 heavy (non-hydrogen) atoms. The summed E-state index contributed by atoms with van der Waals surface area (Å²) in [5.41, 5.74) is 2.60. The number of benzene rings is 2. The molecular weight excluding hydrogens is 324 g/mol. The van der Waals surface area contributed by atoms with Gasteiger partial charge in [0, 0.05) is 19.7 Å². The summed E-state index contributed by atoms with van der Waals surface area (Å²) < 4.78 is 25.2. The summed E-state index contributed by atoms with van der Waals surface area (Å²) in [7, 11) is -0.545. The normalized spacial score (nSPS) is 12.9. The Morgan fingerprint density at radius 1 is 1.00 bits per heavy atom. The molecular formula is C18H22N2O3S. The molecule has 0 aliphatic carbocycles. The monoisotopic (exact) mass is 346 g/mol. The molecule has 1 amide bonds. The predicted molar refractivity (Wildman–Crippen MR) is 94.4 cm³/mol. The Hall–Kier alpha value is -2.18. The van der Waals surface area contributed by atoms with Crippen LogP contribution in [0, 0.1) is 6.92 Å². The molecule has 0 saturated heterocycles.